The van der Waals surface area contributed by atoms with Gasteiger partial charge in [-0.15, -0.1) is 0 Å². The Balaban J connectivity index is 2.01. The van der Waals surface area contributed by atoms with Crippen LogP contribution in [-0.2, 0) is 9.47 Å². The third kappa shape index (κ3) is 2.88. The van der Waals surface area contributed by atoms with Crippen LogP contribution in [0.4, 0.5) is 5.69 Å². The Bertz CT molecular complexity index is 413. The van der Waals surface area contributed by atoms with E-state index in [1.54, 1.807) is 0 Å². The van der Waals surface area contributed by atoms with Crippen molar-refractivity contribution < 1.29 is 19.4 Å². The molecule has 2 rings (SSSR count). The quantitative estimate of drug-likeness (QED) is 0.460. The number of anilines is 1. The molecule has 1 heterocycles. The number of ether oxygens (including phenoxy) is 2. The van der Waals surface area contributed by atoms with E-state index >= 15 is 0 Å². The number of nitrogens with two attached hydrogens (primary N) is 1. The van der Waals surface area contributed by atoms with Gasteiger partial charge in [-0.05, 0) is 18.2 Å². The molecule has 3 N–H and O–H groups in total. The first-order valence-electron chi connectivity index (χ1n) is 5.54. The fourth-order valence-corrected chi connectivity index (χ4v) is 1.68. The standard InChI is InChI=1S/C12H15NO4/c13-10-2-1-8(7-11(10)14)12(15)17-9-3-5-16-6-4-9/h1-2,7,9,14H,3-6,13H2. The van der Waals surface area contributed by atoms with Crippen LogP contribution < -0.4 is 5.73 Å². The first-order chi connectivity index (χ1) is 8.16. The second-order valence-electron chi connectivity index (χ2n) is 3.99. The number of rotatable bonds is 2. The normalized spacial score (nSPS) is 16.7. The molecule has 1 saturated heterocycles. The molecule has 1 aromatic rings. The second-order valence-corrected chi connectivity index (χ2v) is 3.99. The van der Waals surface area contributed by atoms with Crippen LogP contribution in [-0.4, -0.2) is 30.4 Å². The Labute approximate surface area is 99.1 Å². The second kappa shape index (κ2) is 5.05. The van der Waals surface area contributed by atoms with E-state index in [0.717, 1.165) is 0 Å². The number of benzene rings is 1. The highest BCUT2D eigenvalue weighted by Gasteiger charge is 2.19. The number of hydrogen-bond acceptors (Lipinski definition) is 5. The molecule has 0 aliphatic carbocycles. The molecular weight excluding hydrogens is 222 g/mol. The summed E-state index contributed by atoms with van der Waals surface area (Å²) in [5.41, 5.74) is 6.01. The first kappa shape index (κ1) is 11.7. The molecule has 1 aliphatic rings. The molecular formula is C12H15NO4. The molecule has 5 heteroatoms. The van der Waals surface area contributed by atoms with Gasteiger partial charge in [0.05, 0.1) is 24.5 Å². The van der Waals surface area contributed by atoms with Gasteiger partial charge in [-0.3, -0.25) is 0 Å². The number of aromatic hydroxyl groups is 1. The molecule has 0 spiro atoms. The van der Waals surface area contributed by atoms with E-state index in [-0.39, 0.29) is 17.5 Å². The average molecular weight is 237 g/mol. The van der Waals surface area contributed by atoms with Crippen LogP contribution in [0.25, 0.3) is 0 Å². The number of carbonyl (C=O) groups is 1. The lowest BCUT2D eigenvalue weighted by Gasteiger charge is -2.22. The predicted molar refractivity (Wildman–Crippen MR) is 61.8 cm³/mol. The fourth-order valence-electron chi connectivity index (χ4n) is 1.68. The van der Waals surface area contributed by atoms with Crippen LogP contribution in [0.3, 0.4) is 0 Å². The van der Waals surface area contributed by atoms with Crippen LogP contribution in [0.1, 0.15) is 23.2 Å². The summed E-state index contributed by atoms with van der Waals surface area (Å²) >= 11 is 0. The summed E-state index contributed by atoms with van der Waals surface area (Å²) in [5.74, 6) is -0.543. The highest BCUT2D eigenvalue weighted by Crippen LogP contribution is 2.22. The summed E-state index contributed by atoms with van der Waals surface area (Å²) in [4.78, 5) is 11.8. The van der Waals surface area contributed by atoms with E-state index in [1.807, 2.05) is 0 Å². The van der Waals surface area contributed by atoms with Gasteiger partial charge >= 0.3 is 5.97 Å². The minimum absolute atomic E-state index is 0.101. The minimum atomic E-state index is -0.438. The molecule has 1 aliphatic heterocycles. The smallest absolute Gasteiger partial charge is 0.338 e. The molecule has 0 amide bonds. The van der Waals surface area contributed by atoms with Gasteiger partial charge in [0.2, 0.25) is 0 Å². The average Bonchev–Trinajstić information content (AvgIpc) is 2.34. The third-order valence-electron chi connectivity index (χ3n) is 2.71. The molecule has 0 aromatic heterocycles. The van der Waals surface area contributed by atoms with Crippen LogP contribution >= 0.6 is 0 Å². The van der Waals surface area contributed by atoms with E-state index < -0.39 is 5.97 Å². The molecule has 92 valence electrons. The van der Waals surface area contributed by atoms with Gasteiger partial charge in [-0.25, -0.2) is 4.79 Å². The van der Waals surface area contributed by atoms with Gasteiger partial charge in [-0.2, -0.15) is 0 Å². The number of hydrogen-bond donors (Lipinski definition) is 2. The Morgan fingerprint density at radius 2 is 2.12 bits per heavy atom. The zero-order chi connectivity index (χ0) is 12.3. The Kier molecular flexibility index (Phi) is 3.49. The molecule has 0 bridgehead atoms. The summed E-state index contributed by atoms with van der Waals surface area (Å²) in [6.07, 6.45) is 1.33. The topological polar surface area (TPSA) is 81.8 Å². The largest absolute Gasteiger partial charge is 0.506 e. The Hall–Kier alpha value is -1.75. The van der Waals surface area contributed by atoms with Gasteiger partial charge in [0.1, 0.15) is 11.9 Å². The van der Waals surface area contributed by atoms with Crippen molar-refractivity contribution >= 4 is 11.7 Å². The van der Waals surface area contributed by atoms with E-state index in [9.17, 15) is 9.90 Å². The first-order valence-corrected chi connectivity index (χ1v) is 5.54. The number of esters is 1. The molecule has 0 unspecified atom stereocenters. The summed E-state index contributed by atoms with van der Waals surface area (Å²) < 4.78 is 10.5. The van der Waals surface area contributed by atoms with Crippen molar-refractivity contribution in [2.75, 3.05) is 18.9 Å². The maximum atomic E-state index is 11.8. The molecule has 5 nitrogen and oxygen atoms in total. The van der Waals surface area contributed by atoms with Crippen molar-refractivity contribution in [1.29, 1.82) is 0 Å². The molecule has 17 heavy (non-hydrogen) atoms. The Morgan fingerprint density at radius 1 is 1.41 bits per heavy atom. The molecule has 0 radical (unpaired) electrons. The van der Waals surface area contributed by atoms with E-state index in [1.165, 1.54) is 18.2 Å². The highest BCUT2D eigenvalue weighted by molar-refractivity contribution is 5.90. The SMILES string of the molecule is Nc1ccc(C(=O)OC2CCOCC2)cc1O. The third-order valence-corrected chi connectivity index (χ3v) is 2.71. The Morgan fingerprint density at radius 3 is 2.76 bits per heavy atom. The van der Waals surface area contributed by atoms with Crippen LogP contribution in [0.5, 0.6) is 5.75 Å². The highest BCUT2D eigenvalue weighted by atomic mass is 16.6. The molecule has 1 fully saturated rings. The summed E-state index contributed by atoms with van der Waals surface area (Å²) in [6, 6.07) is 4.34. The minimum Gasteiger partial charge on any atom is -0.506 e. The summed E-state index contributed by atoms with van der Waals surface area (Å²) in [7, 11) is 0. The van der Waals surface area contributed by atoms with Gasteiger partial charge in [-0.1, -0.05) is 0 Å². The monoisotopic (exact) mass is 237 g/mol. The maximum Gasteiger partial charge on any atom is 0.338 e. The van der Waals surface area contributed by atoms with Crippen molar-refractivity contribution in [2.24, 2.45) is 0 Å². The lowest BCUT2D eigenvalue weighted by molar-refractivity contribution is -0.0159. The van der Waals surface area contributed by atoms with Crippen molar-refractivity contribution in [3.63, 3.8) is 0 Å². The fraction of sp³-hybridized carbons (Fsp3) is 0.417. The van der Waals surface area contributed by atoms with Crippen molar-refractivity contribution in [3.05, 3.63) is 23.8 Å². The molecule has 0 saturated carbocycles. The zero-order valence-electron chi connectivity index (χ0n) is 9.39. The van der Waals surface area contributed by atoms with Crippen molar-refractivity contribution in [3.8, 4) is 5.75 Å². The molecule has 0 atom stereocenters. The van der Waals surface area contributed by atoms with Gasteiger partial charge in [0.15, 0.2) is 0 Å². The maximum absolute atomic E-state index is 11.8. The van der Waals surface area contributed by atoms with Crippen LogP contribution in [0.15, 0.2) is 18.2 Å². The summed E-state index contributed by atoms with van der Waals surface area (Å²) in [6.45, 7) is 1.23. The van der Waals surface area contributed by atoms with Gasteiger partial charge in [0, 0.05) is 12.8 Å². The lowest BCUT2D eigenvalue weighted by atomic mass is 10.1. The van der Waals surface area contributed by atoms with Crippen LogP contribution in [0.2, 0.25) is 0 Å². The van der Waals surface area contributed by atoms with Crippen molar-refractivity contribution in [1.82, 2.24) is 0 Å². The zero-order valence-corrected chi connectivity index (χ0v) is 9.39. The van der Waals surface area contributed by atoms with E-state index in [0.29, 0.717) is 31.6 Å². The van der Waals surface area contributed by atoms with E-state index in [4.69, 9.17) is 15.2 Å². The predicted octanol–water partition coefficient (Wildman–Crippen LogP) is 1.31. The molecule has 1 aromatic carbocycles. The van der Waals surface area contributed by atoms with Gasteiger partial charge < -0.3 is 20.3 Å². The van der Waals surface area contributed by atoms with Crippen LogP contribution in [0, 0.1) is 0 Å². The number of phenolic OH excluding ortho intramolecular Hbond substituents is 1. The van der Waals surface area contributed by atoms with E-state index in [2.05, 4.69) is 0 Å². The number of phenols is 1. The van der Waals surface area contributed by atoms with Gasteiger partial charge in [0.25, 0.3) is 0 Å². The lowest BCUT2D eigenvalue weighted by Crippen LogP contribution is -2.26. The summed E-state index contributed by atoms with van der Waals surface area (Å²) in [5, 5.41) is 9.40. The number of nitrogen functional groups attached to an aromatic ring is 1. The number of carbonyl (C=O) groups excluding carboxylic acids is 1. The van der Waals surface area contributed by atoms with Crippen molar-refractivity contribution in [2.45, 2.75) is 18.9 Å².